The van der Waals surface area contributed by atoms with Crippen LogP contribution in [0.15, 0.2) is 18.2 Å². The molecule has 1 heterocycles. The molecule has 0 saturated carbocycles. The lowest BCUT2D eigenvalue weighted by atomic mass is 10.0. The van der Waals surface area contributed by atoms with E-state index >= 15 is 0 Å². The smallest absolute Gasteiger partial charge is 0.0575 e. The third-order valence-corrected chi connectivity index (χ3v) is 3.55. The standard InChI is InChI=1S/C13H18N2S/c1-10-8-11(14)5-6-13(10)15-7-3-2-4-12(15)9-16/h5-6,8-9,12H,2-4,7,14H2,1H3. The highest BCUT2D eigenvalue weighted by molar-refractivity contribution is 7.79. The van der Waals surface area contributed by atoms with Crippen molar-refractivity contribution >= 4 is 29.0 Å². The second kappa shape index (κ2) is 4.83. The van der Waals surface area contributed by atoms with Gasteiger partial charge in [0.2, 0.25) is 0 Å². The number of nitrogens with zero attached hydrogens (tertiary/aromatic N) is 1. The van der Waals surface area contributed by atoms with Crippen molar-refractivity contribution in [2.24, 2.45) is 0 Å². The summed E-state index contributed by atoms with van der Waals surface area (Å²) in [6.07, 6.45) is 3.71. The lowest BCUT2D eigenvalue weighted by Gasteiger charge is -2.36. The molecule has 3 heteroatoms. The van der Waals surface area contributed by atoms with E-state index in [0.29, 0.717) is 6.04 Å². The molecule has 1 aliphatic rings. The number of aryl methyl sites for hydroxylation is 1. The molecule has 1 aliphatic heterocycles. The van der Waals surface area contributed by atoms with Crippen LogP contribution >= 0.6 is 12.2 Å². The highest BCUT2D eigenvalue weighted by atomic mass is 32.1. The van der Waals surface area contributed by atoms with E-state index in [1.165, 1.54) is 30.5 Å². The molecule has 1 saturated heterocycles. The zero-order valence-electron chi connectivity index (χ0n) is 9.65. The van der Waals surface area contributed by atoms with E-state index in [1.807, 2.05) is 17.5 Å². The van der Waals surface area contributed by atoms with Crippen molar-refractivity contribution in [3.05, 3.63) is 23.8 Å². The number of hydrogen-bond donors (Lipinski definition) is 1. The maximum absolute atomic E-state index is 5.78. The average Bonchev–Trinajstić information content (AvgIpc) is 2.29. The fourth-order valence-electron chi connectivity index (χ4n) is 2.40. The number of nitrogen functional groups attached to an aromatic ring is 1. The summed E-state index contributed by atoms with van der Waals surface area (Å²) in [4.78, 5) is 2.41. The number of anilines is 2. The van der Waals surface area contributed by atoms with Gasteiger partial charge in [0.05, 0.1) is 6.04 Å². The highest BCUT2D eigenvalue weighted by Crippen LogP contribution is 2.28. The monoisotopic (exact) mass is 234 g/mol. The largest absolute Gasteiger partial charge is 0.399 e. The van der Waals surface area contributed by atoms with Gasteiger partial charge in [0, 0.05) is 23.3 Å². The zero-order chi connectivity index (χ0) is 11.5. The predicted octanol–water partition coefficient (Wildman–Crippen LogP) is 2.94. The fourth-order valence-corrected chi connectivity index (χ4v) is 2.68. The van der Waals surface area contributed by atoms with Gasteiger partial charge in [-0.15, -0.1) is 0 Å². The maximum atomic E-state index is 5.78. The summed E-state index contributed by atoms with van der Waals surface area (Å²) < 4.78 is 0. The Morgan fingerprint density at radius 2 is 2.25 bits per heavy atom. The van der Waals surface area contributed by atoms with Crippen LogP contribution in [0.3, 0.4) is 0 Å². The van der Waals surface area contributed by atoms with Gasteiger partial charge in [-0.3, -0.25) is 0 Å². The first-order chi connectivity index (χ1) is 7.72. The van der Waals surface area contributed by atoms with Crippen LogP contribution in [-0.4, -0.2) is 18.0 Å². The third kappa shape index (κ3) is 2.19. The minimum absolute atomic E-state index is 0.408. The minimum Gasteiger partial charge on any atom is -0.399 e. The van der Waals surface area contributed by atoms with Crippen LogP contribution in [0.25, 0.3) is 0 Å². The van der Waals surface area contributed by atoms with Gasteiger partial charge in [-0.1, -0.05) is 12.2 Å². The van der Waals surface area contributed by atoms with E-state index in [2.05, 4.69) is 17.9 Å². The number of rotatable bonds is 2. The summed E-state index contributed by atoms with van der Waals surface area (Å²) >= 11 is 5.13. The Kier molecular flexibility index (Phi) is 3.44. The van der Waals surface area contributed by atoms with E-state index in [4.69, 9.17) is 18.0 Å². The first-order valence-electron chi connectivity index (χ1n) is 5.80. The molecule has 2 nitrogen and oxygen atoms in total. The molecule has 16 heavy (non-hydrogen) atoms. The maximum Gasteiger partial charge on any atom is 0.0575 e. The second-order valence-corrected chi connectivity index (χ2v) is 4.71. The van der Waals surface area contributed by atoms with Crippen molar-refractivity contribution in [1.29, 1.82) is 0 Å². The molecule has 1 aromatic rings. The Labute approximate surface area is 102 Å². The Morgan fingerprint density at radius 1 is 1.44 bits per heavy atom. The first kappa shape index (κ1) is 11.4. The molecular weight excluding hydrogens is 216 g/mol. The van der Waals surface area contributed by atoms with Crippen molar-refractivity contribution in [3.8, 4) is 0 Å². The van der Waals surface area contributed by atoms with Gasteiger partial charge in [0.1, 0.15) is 0 Å². The lowest BCUT2D eigenvalue weighted by molar-refractivity contribution is 0.538. The number of benzene rings is 1. The molecule has 0 spiro atoms. The molecule has 0 aliphatic carbocycles. The average molecular weight is 234 g/mol. The van der Waals surface area contributed by atoms with Crippen LogP contribution in [0.5, 0.6) is 0 Å². The topological polar surface area (TPSA) is 29.3 Å². The molecule has 0 bridgehead atoms. The van der Waals surface area contributed by atoms with Crippen LogP contribution in [0.4, 0.5) is 11.4 Å². The van der Waals surface area contributed by atoms with Gasteiger partial charge in [-0.2, -0.15) is 0 Å². The van der Waals surface area contributed by atoms with Crippen molar-refractivity contribution in [3.63, 3.8) is 0 Å². The van der Waals surface area contributed by atoms with Gasteiger partial charge < -0.3 is 10.6 Å². The quantitative estimate of drug-likeness (QED) is 0.630. The molecule has 1 fully saturated rings. The van der Waals surface area contributed by atoms with Crippen LogP contribution < -0.4 is 10.6 Å². The van der Waals surface area contributed by atoms with Gasteiger partial charge in [-0.25, -0.2) is 0 Å². The summed E-state index contributed by atoms with van der Waals surface area (Å²) in [7, 11) is 0. The summed E-state index contributed by atoms with van der Waals surface area (Å²) in [5, 5.41) is 1.90. The molecule has 2 rings (SSSR count). The van der Waals surface area contributed by atoms with E-state index in [1.54, 1.807) is 0 Å². The van der Waals surface area contributed by atoms with Gasteiger partial charge in [0.25, 0.3) is 0 Å². The lowest BCUT2D eigenvalue weighted by Crippen LogP contribution is -2.40. The van der Waals surface area contributed by atoms with Crippen LogP contribution in [0, 0.1) is 6.92 Å². The number of hydrogen-bond acceptors (Lipinski definition) is 3. The summed E-state index contributed by atoms with van der Waals surface area (Å²) in [5.74, 6) is 0. The van der Waals surface area contributed by atoms with Crippen LogP contribution in [-0.2, 0) is 0 Å². The van der Waals surface area contributed by atoms with E-state index < -0.39 is 0 Å². The molecule has 0 amide bonds. The Bertz CT molecular complexity index is 390. The SMILES string of the molecule is Cc1cc(N)ccc1N1CCCCC1C=S. The Balaban J connectivity index is 2.30. The number of thiocarbonyl (C=S) groups is 1. The van der Waals surface area contributed by atoms with E-state index in [-0.39, 0.29) is 0 Å². The first-order valence-corrected chi connectivity index (χ1v) is 6.27. The summed E-state index contributed by atoms with van der Waals surface area (Å²) in [6.45, 7) is 3.21. The van der Waals surface area contributed by atoms with Crippen LogP contribution in [0.1, 0.15) is 24.8 Å². The van der Waals surface area contributed by atoms with Gasteiger partial charge in [0.15, 0.2) is 0 Å². The highest BCUT2D eigenvalue weighted by Gasteiger charge is 2.21. The van der Waals surface area contributed by atoms with Gasteiger partial charge in [-0.05, 0) is 49.9 Å². The van der Waals surface area contributed by atoms with E-state index in [0.717, 1.165) is 12.2 Å². The summed E-state index contributed by atoms with van der Waals surface area (Å²) in [5.41, 5.74) is 9.13. The molecule has 0 radical (unpaired) electrons. The van der Waals surface area contributed by atoms with Crippen LogP contribution in [0.2, 0.25) is 0 Å². The molecule has 86 valence electrons. The number of nitrogens with two attached hydrogens (primary N) is 1. The van der Waals surface area contributed by atoms with Crippen molar-refractivity contribution in [2.75, 3.05) is 17.2 Å². The predicted molar refractivity (Wildman–Crippen MR) is 74.2 cm³/mol. The van der Waals surface area contributed by atoms with Crippen molar-refractivity contribution < 1.29 is 0 Å². The molecule has 1 atom stereocenters. The molecular formula is C13H18N2S. The number of piperidine rings is 1. The van der Waals surface area contributed by atoms with E-state index in [9.17, 15) is 0 Å². The Hall–Kier alpha value is -1.09. The minimum atomic E-state index is 0.408. The normalized spacial score (nSPS) is 20.8. The van der Waals surface area contributed by atoms with Crippen molar-refractivity contribution in [1.82, 2.24) is 0 Å². The Morgan fingerprint density at radius 3 is 2.94 bits per heavy atom. The van der Waals surface area contributed by atoms with Crippen molar-refractivity contribution in [2.45, 2.75) is 32.2 Å². The summed E-state index contributed by atoms with van der Waals surface area (Å²) in [6, 6.07) is 6.52. The molecule has 1 unspecified atom stereocenters. The third-order valence-electron chi connectivity index (χ3n) is 3.24. The van der Waals surface area contributed by atoms with Gasteiger partial charge >= 0.3 is 0 Å². The molecule has 1 aromatic carbocycles. The zero-order valence-corrected chi connectivity index (χ0v) is 10.5. The fraction of sp³-hybridized carbons (Fsp3) is 0.462. The molecule has 0 aromatic heterocycles. The molecule has 2 N–H and O–H groups in total. The second-order valence-electron chi connectivity index (χ2n) is 4.44.